The van der Waals surface area contributed by atoms with Gasteiger partial charge < -0.3 is 10.6 Å². The van der Waals surface area contributed by atoms with E-state index in [1.54, 1.807) is 24.3 Å². The second-order valence-corrected chi connectivity index (χ2v) is 7.56. The summed E-state index contributed by atoms with van der Waals surface area (Å²) in [4.78, 5) is 24.5. The fraction of sp³-hybridized carbons (Fsp3) is 0.263. The number of anilines is 2. The molecule has 2 aromatic rings. The van der Waals surface area contributed by atoms with Gasteiger partial charge in [0.2, 0.25) is 5.91 Å². The zero-order valence-corrected chi connectivity index (χ0v) is 15.8. The van der Waals surface area contributed by atoms with Gasteiger partial charge in [0.15, 0.2) is 0 Å². The number of hydrogen-bond acceptors (Lipinski definition) is 2. The Morgan fingerprint density at radius 2 is 1.62 bits per heavy atom. The van der Waals surface area contributed by atoms with E-state index < -0.39 is 5.41 Å². The normalized spacial score (nSPS) is 11.0. The van der Waals surface area contributed by atoms with Gasteiger partial charge in [-0.15, -0.1) is 0 Å². The predicted octanol–water partition coefficient (Wildman–Crippen LogP) is 4.99. The molecule has 0 saturated heterocycles. The number of nitrogens with one attached hydrogen (secondary N) is 2. The Morgan fingerprint density at radius 1 is 0.958 bits per heavy atom. The first-order valence-electron chi connectivity index (χ1n) is 7.66. The average Bonchev–Trinajstić information content (AvgIpc) is 2.50. The quantitative estimate of drug-likeness (QED) is 0.777. The van der Waals surface area contributed by atoms with Crippen LogP contribution < -0.4 is 10.6 Å². The van der Waals surface area contributed by atoms with Crippen molar-refractivity contribution in [1.82, 2.24) is 0 Å². The lowest BCUT2D eigenvalue weighted by molar-refractivity contribution is -0.123. The van der Waals surface area contributed by atoms with Crippen LogP contribution >= 0.6 is 15.9 Å². The highest BCUT2D eigenvalue weighted by atomic mass is 79.9. The summed E-state index contributed by atoms with van der Waals surface area (Å²) in [5.74, 6) is -0.313. The molecule has 0 radical (unpaired) electrons. The zero-order chi connectivity index (χ0) is 17.9. The molecule has 2 aromatic carbocycles. The monoisotopic (exact) mass is 388 g/mol. The maximum atomic E-state index is 12.4. The molecule has 0 aromatic heterocycles. The number of benzene rings is 2. The number of carbonyl (C=O) groups is 2. The van der Waals surface area contributed by atoms with Crippen molar-refractivity contribution in [3.05, 3.63) is 58.1 Å². The molecule has 0 atom stereocenters. The molecule has 24 heavy (non-hydrogen) atoms. The largest absolute Gasteiger partial charge is 0.326 e. The zero-order valence-electron chi connectivity index (χ0n) is 14.2. The van der Waals surface area contributed by atoms with Gasteiger partial charge in [-0.05, 0) is 48.9 Å². The first-order valence-corrected chi connectivity index (χ1v) is 8.45. The maximum absolute atomic E-state index is 12.4. The van der Waals surface area contributed by atoms with Gasteiger partial charge in [-0.2, -0.15) is 0 Å². The highest BCUT2D eigenvalue weighted by Crippen LogP contribution is 2.21. The van der Waals surface area contributed by atoms with E-state index in [0.29, 0.717) is 11.3 Å². The molecule has 0 aliphatic rings. The van der Waals surface area contributed by atoms with Crippen molar-refractivity contribution in [2.45, 2.75) is 27.7 Å². The van der Waals surface area contributed by atoms with Crippen LogP contribution in [0, 0.1) is 12.3 Å². The summed E-state index contributed by atoms with van der Waals surface area (Å²) in [5, 5.41) is 5.70. The van der Waals surface area contributed by atoms with Crippen molar-refractivity contribution >= 4 is 39.1 Å². The molecule has 5 heteroatoms. The average molecular weight is 389 g/mol. The van der Waals surface area contributed by atoms with Gasteiger partial charge in [0.05, 0.1) is 0 Å². The summed E-state index contributed by atoms with van der Waals surface area (Å²) in [5.41, 5.74) is 2.37. The minimum atomic E-state index is -0.493. The molecule has 2 amide bonds. The van der Waals surface area contributed by atoms with E-state index >= 15 is 0 Å². The van der Waals surface area contributed by atoms with Gasteiger partial charge in [-0.3, -0.25) is 9.59 Å². The smallest absolute Gasteiger partial charge is 0.255 e. The molecule has 0 unspecified atom stereocenters. The third-order valence-corrected chi connectivity index (χ3v) is 4.37. The summed E-state index contributed by atoms with van der Waals surface area (Å²) >= 11 is 3.44. The van der Waals surface area contributed by atoms with E-state index in [2.05, 4.69) is 26.6 Å². The van der Waals surface area contributed by atoms with Crippen LogP contribution in [-0.4, -0.2) is 11.8 Å². The Hall–Kier alpha value is -2.14. The lowest BCUT2D eigenvalue weighted by atomic mass is 9.95. The summed E-state index contributed by atoms with van der Waals surface area (Å²) < 4.78 is 0.993. The predicted molar refractivity (Wildman–Crippen MR) is 101 cm³/mol. The molecule has 2 rings (SSSR count). The lowest BCUT2D eigenvalue weighted by Gasteiger charge is -2.18. The van der Waals surface area contributed by atoms with Crippen LogP contribution in [-0.2, 0) is 4.79 Å². The van der Waals surface area contributed by atoms with E-state index in [1.807, 2.05) is 45.9 Å². The lowest BCUT2D eigenvalue weighted by Crippen LogP contribution is -2.27. The molecule has 0 bridgehead atoms. The molecule has 2 N–H and O–H groups in total. The summed E-state index contributed by atoms with van der Waals surface area (Å²) in [7, 11) is 0. The molecular weight excluding hydrogens is 368 g/mol. The van der Waals surface area contributed by atoms with Crippen LogP contribution in [0.4, 0.5) is 11.4 Å². The first kappa shape index (κ1) is 18.2. The molecule has 4 nitrogen and oxygen atoms in total. The molecule has 0 spiro atoms. The van der Waals surface area contributed by atoms with E-state index in [0.717, 1.165) is 15.7 Å². The van der Waals surface area contributed by atoms with Gasteiger partial charge in [-0.25, -0.2) is 0 Å². The first-order chi connectivity index (χ1) is 11.2. The van der Waals surface area contributed by atoms with Crippen LogP contribution in [0.1, 0.15) is 36.7 Å². The van der Waals surface area contributed by atoms with E-state index in [1.165, 1.54) is 0 Å². The molecule has 0 aliphatic heterocycles. The second-order valence-electron chi connectivity index (χ2n) is 6.70. The van der Waals surface area contributed by atoms with Crippen LogP contribution in [0.25, 0.3) is 0 Å². The topological polar surface area (TPSA) is 58.2 Å². The Morgan fingerprint density at radius 3 is 2.25 bits per heavy atom. The molecule has 0 fully saturated rings. The highest BCUT2D eigenvalue weighted by molar-refractivity contribution is 9.10. The van der Waals surface area contributed by atoms with E-state index in [-0.39, 0.29) is 11.8 Å². The van der Waals surface area contributed by atoms with Crippen molar-refractivity contribution in [2.75, 3.05) is 10.6 Å². The Labute approximate surface area is 150 Å². The van der Waals surface area contributed by atoms with Crippen molar-refractivity contribution in [3.63, 3.8) is 0 Å². The van der Waals surface area contributed by atoms with Crippen molar-refractivity contribution in [2.24, 2.45) is 5.41 Å². The van der Waals surface area contributed by atoms with Gasteiger partial charge in [-0.1, -0.05) is 42.8 Å². The molecule has 0 saturated carbocycles. The van der Waals surface area contributed by atoms with Crippen LogP contribution in [0.2, 0.25) is 0 Å². The van der Waals surface area contributed by atoms with E-state index in [4.69, 9.17) is 0 Å². The molecule has 126 valence electrons. The SMILES string of the molecule is Cc1cc(NC(=O)c2cccc(NC(=O)C(C)(C)C)c2)ccc1Br. The van der Waals surface area contributed by atoms with Crippen molar-refractivity contribution in [3.8, 4) is 0 Å². The standard InChI is InChI=1S/C19H21BrN2O2/c1-12-10-15(8-9-16(12)20)21-17(23)13-6-5-7-14(11-13)22-18(24)19(2,3)4/h5-11H,1-4H3,(H,21,23)(H,22,24). The second kappa shape index (κ2) is 7.18. The Bertz CT molecular complexity index is 779. The van der Waals surface area contributed by atoms with Gasteiger partial charge in [0.1, 0.15) is 0 Å². The molecule has 0 aliphatic carbocycles. The highest BCUT2D eigenvalue weighted by Gasteiger charge is 2.21. The number of halogens is 1. The minimum absolute atomic E-state index is 0.0939. The Balaban J connectivity index is 2.14. The summed E-state index contributed by atoms with van der Waals surface area (Å²) in [6.07, 6.45) is 0. The van der Waals surface area contributed by atoms with Crippen molar-refractivity contribution < 1.29 is 9.59 Å². The van der Waals surface area contributed by atoms with Gasteiger partial charge in [0.25, 0.3) is 5.91 Å². The molecule has 0 heterocycles. The van der Waals surface area contributed by atoms with Gasteiger partial charge in [0, 0.05) is 26.8 Å². The van der Waals surface area contributed by atoms with Crippen LogP contribution in [0.5, 0.6) is 0 Å². The number of carbonyl (C=O) groups excluding carboxylic acids is 2. The number of aryl methyl sites for hydroxylation is 1. The fourth-order valence-corrected chi connectivity index (χ4v) is 2.23. The fourth-order valence-electron chi connectivity index (χ4n) is 1.98. The maximum Gasteiger partial charge on any atom is 0.255 e. The Kier molecular flexibility index (Phi) is 5.44. The summed E-state index contributed by atoms with van der Waals surface area (Å²) in [6, 6.07) is 12.5. The summed E-state index contributed by atoms with van der Waals surface area (Å²) in [6.45, 7) is 7.49. The third kappa shape index (κ3) is 4.68. The van der Waals surface area contributed by atoms with Crippen LogP contribution in [0.3, 0.4) is 0 Å². The minimum Gasteiger partial charge on any atom is -0.326 e. The van der Waals surface area contributed by atoms with E-state index in [9.17, 15) is 9.59 Å². The number of hydrogen-bond donors (Lipinski definition) is 2. The van der Waals surface area contributed by atoms with Gasteiger partial charge >= 0.3 is 0 Å². The third-order valence-electron chi connectivity index (χ3n) is 3.48. The number of amides is 2. The number of rotatable bonds is 3. The van der Waals surface area contributed by atoms with Crippen molar-refractivity contribution in [1.29, 1.82) is 0 Å². The molecular formula is C19H21BrN2O2. The van der Waals surface area contributed by atoms with Crippen LogP contribution in [0.15, 0.2) is 46.9 Å².